The van der Waals surface area contributed by atoms with Crippen molar-refractivity contribution in [1.29, 1.82) is 0 Å². The number of carboxylic acids is 1. The summed E-state index contributed by atoms with van der Waals surface area (Å²) in [5.41, 5.74) is 0. The van der Waals surface area contributed by atoms with Crippen molar-refractivity contribution in [3.05, 3.63) is 0 Å². The number of carbonyl (C=O) groups is 1. The molecule has 0 fully saturated rings. The molecule has 0 amide bonds. The van der Waals surface area contributed by atoms with E-state index in [-0.39, 0.29) is 6.61 Å². The van der Waals surface area contributed by atoms with Gasteiger partial charge in [0.1, 0.15) is 0 Å². The number of carboxylic acid groups (broad SMARTS) is 1. The van der Waals surface area contributed by atoms with E-state index >= 15 is 0 Å². The minimum Gasteiger partial charge on any atom is -0.481 e. The Balaban J connectivity index is 0. The molecule has 12 heavy (non-hydrogen) atoms. The maximum atomic E-state index is 9.60. The summed E-state index contributed by atoms with van der Waals surface area (Å²) in [6.45, 7) is 1.65. The second-order valence-electron chi connectivity index (χ2n) is 2.16. The Kier molecular flexibility index (Phi) is 12.8. The van der Waals surface area contributed by atoms with Crippen LogP contribution in [0, 0.1) is 0 Å². The molecule has 1 unspecified atom stereocenters. The lowest BCUT2D eigenvalue weighted by Crippen LogP contribution is -2.12. The zero-order valence-electron chi connectivity index (χ0n) is 7.10. The van der Waals surface area contributed by atoms with Crippen molar-refractivity contribution >= 4 is 18.6 Å². The smallest absolute Gasteiger partial charge is 0.303 e. The van der Waals surface area contributed by atoms with E-state index in [9.17, 15) is 4.79 Å². The number of aliphatic hydroxyl groups is 2. The van der Waals surface area contributed by atoms with Crippen molar-refractivity contribution in [2.24, 2.45) is 0 Å². The molecule has 0 spiro atoms. The Morgan fingerprint density at radius 3 is 2.08 bits per heavy atom. The van der Waals surface area contributed by atoms with Crippen LogP contribution >= 0.6 is 12.6 Å². The molecule has 0 bridgehead atoms. The summed E-state index contributed by atoms with van der Waals surface area (Å²) in [4.78, 5) is 9.60. The number of aliphatic carboxylic acids is 1. The molecule has 0 aliphatic carbocycles. The Hall–Kier alpha value is -0.260. The molecule has 1 atom stereocenters. The molecule has 0 radical (unpaired) electrons. The summed E-state index contributed by atoms with van der Waals surface area (Å²) in [5.74, 6) is -0.381. The standard InChI is InChI=1S/C4H8O2.C3H8O2S/c1-2-3-4(5)6;4-1-3(5)2-6/h2-3H2,1H3,(H,5,6);3-6H,1-2H2. The van der Waals surface area contributed by atoms with Crippen LogP contribution in [0.3, 0.4) is 0 Å². The summed E-state index contributed by atoms with van der Waals surface area (Å²) < 4.78 is 0. The quantitative estimate of drug-likeness (QED) is 0.482. The van der Waals surface area contributed by atoms with Crippen LogP contribution in [0.5, 0.6) is 0 Å². The predicted octanol–water partition coefficient (Wildman–Crippen LogP) is 0.140. The Labute approximate surface area is 77.6 Å². The first-order chi connectivity index (χ1) is 5.58. The molecule has 0 heterocycles. The summed E-state index contributed by atoms with van der Waals surface area (Å²) in [7, 11) is 0. The summed E-state index contributed by atoms with van der Waals surface area (Å²) in [5, 5.41) is 24.3. The topological polar surface area (TPSA) is 77.8 Å². The zero-order valence-corrected chi connectivity index (χ0v) is 8.00. The Morgan fingerprint density at radius 2 is 2.08 bits per heavy atom. The van der Waals surface area contributed by atoms with Crippen LogP contribution in [0.4, 0.5) is 0 Å². The summed E-state index contributed by atoms with van der Waals surface area (Å²) >= 11 is 3.69. The number of hydrogen-bond acceptors (Lipinski definition) is 4. The van der Waals surface area contributed by atoms with Crippen molar-refractivity contribution < 1.29 is 20.1 Å². The first-order valence-electron chi connectivity index (χ1n) is 3.70. The van der Waals surface area contributed by atoms with E-state index in [1.165, 1.54) is 0 Å². The van der Waals surface area contributed by atoms with E-state index < -0.39 is 12.1 Å². The monoisotopic (exact) mass is 196 g/mol. The average molecular weight is 196 g/mol. The molecule has 0 aromatic heterocycles. The zero-order chi connectivity index (χ0) is 9.98. The SMILES string of the molecule is CCCC(=O)O.OCC(O)CS. The van der Waals surface area contributed by atoms with Crippen molar-refractivity contribution in [3.8, 4) is 0 Å². The molecule has 5 heteroatoms. The maximum absolute atomic E-state index is 9.60. The van der Waals surface area contributed by atoms with Gasteiger partial charge in [0.15, 0.2) is 0 Å². The van der Waals surface area contributed by atoms with E-state index in [4.69, 9.17) is 15.3 Å². The second-order valence-corrected chi connectivity index (χ2v) is 2.53. The molecular formula is C7H16O4S. The molecule has 4 nitrogen and oxygen atoms in total. The van der Waals surface area contributed by atoms with Gasteiger partial charge in [-0.25, -0.2) is 0 Å². The largest absolute Gasteiger partial charge is 0.481 e. The van der Waals surface area contributed by atoms with Gasteiger partial charge in [-0.05, 0) is 6.42 Å². The highest BCUT2D eigenvalue weighted by Gasteiger charge is 1.93. The minimum absolute atomic E-state index is 0.191. The van der Waals surface area contributed by atoms with Crippen molar-refractivity contribution in [3.63, 3.8) is 0 Å². The minimum atomic E-state index is -0.711. The van der Waals surface area contributed by atoms with Crippen LogP contribution in [0.2, 0.25) is 0 Å². The van der Waals surface area contributed by atoms with Crippen LogP contribution in [0.25, 0.3) is 0 Å². The first kappa shape index (κ1) is 14.3. The van der Waals surface area contributed by atoms with Crippen LogP contribution in [-0.4, -0.2) is 39.8 Å². The summed E-state index contributed by atoms with van der Waals surface area (Å²) in [6, 6.07) is 0. The third-order valence-corrected chi connectivity index (χ3v) is 1.31. The molecule has 0 rings (SSSR count). The molecule has 0 aromatic rings. The highest BCUT2D eigenvalue weighted by molar-refractivity contribution is 7.80. The van der Waals surface area contributed by atoms with E-state index in [2.05, 4.69) is 12.6 Å². The van der Waals surface area contributed by atoms with E-state index in [0.717, 1.165) is 6.42 Å². The lowest BCUT2D eigenvalue weighted by Gasteiger charge is -1.96. The lowest BCUT2D eigenvalue weighted by molar-refractivity contribution is -0.137. The van der Waals surface area contributed by atoms with Crippen molar-refractivity contribution in [2.45, 2.75) is 25.9 Å². The van der Waals surface area contributed by atoms with Gasteiger partial charge in [0.05, 0.1) is 12.7 Å². The van der Waals surface area contributed by atoms with Crippen LogP contribution in [0.15, 0.2) is 0 Å². The van der Waals surface area contributed by atoms with Crippen LogP contribution in [0.1, 0.15) is 19.8 Å². The Morgan fingerprint density at radius 1 is 1.58 bits per heavy atom. The van der Waals surface area contributed by atoms with Crippen molar-refractivity contribution in [2.75, 3.05) is 12.4 Å². The molecular weight excluding hydrogens is 180 g/mol. The average Bonchev–Trinajstić information content (AvgIpc) is 2.04. The van der Waals surface area contributed by atoms with Gasteiger partial charge in [-0.15, -0.1) is 0 Å². The van der Waals surface area contributed by atoms with Gasteiger partial charge >= 0.3 is 5.97 Å². The van der Waals surface area contributed by atoms with Gasteiger partial charge in [-0.3, -0.25) is 4.79 Å². The van der Waals surface area contributed by atoms with Crippen LogP contribution in [-0.2, 0) is 4.79 Å². The molecule has 74 valence electrons. The third-order valence-electron chi connectivity index (χ3n) is 0.885. The molecule has 0 aliphatic heterocycles. The van der Waals surface area contributed by atoms with Gasteiger partial charge in [0.25, 0.3) is 0 Å². The second kappa shape index (κ2) is 10.7. The number of thiol groups is 1. The summed E-state index contributed by atoms with van der Waals surface area (Å²) in [6.07, 6.45) is 0.378. The maximum Gasteiger partial charge on any atom is 0.303 e. The van der Waals surface area contributed by atoms with Gasteiger partial charge in [0, 0.05) is 12.2 Å². The highest BCUT2D eigenvalue weighted by atomic mass is 32.1. The van der Waals surface area contributed by atoms with Crippen molar-refractivity contribution in [1.82, 2.24) is 0 Å². The fourth-order valence-corrected chi connectivity index (χ4v) is 0.387. The van der Waals surface area contributed by atoms with Gasteiger partial charge in [0.2, 0.25) is 0 Å². The molecule has 3 N–H and O–H groups in total. The predicted molar refractivity (Wildman–Crippen MR) is 49.5 cm³/mol. The number of rotatable bonds is 4. The third kappa shape index (κ3) is 16.4. The Bertz CT molecular complexity index is 104. The van der Waals surface area contributed by atoms with E-state index in [0.29, 0.717) is 12.2 Å². The molecule has 0 saturated carbocycles. The van der Waals surface area contributed by atoms with Gasteiger partial charge in [-0.2, -0.15) is 12.6 Å². The highest BCUT2D eigenvalue weighted by Crippen LogP contribution is 1.82. The first-order valence-corrected chi connectivity index (χ1v) is 4.33. The number of hydrogen-bond donors (Lipinski definition) is 4. The van der Waals surface area contributed by atoms with E-state index in [1.807, 2.05) is 6.92 Å². The van der Waals surface area contributed by atoms with Crippen LogP contribution < -0.4 is 0 Å². The molecule has 0 aliphatic rings. The van der Waals surface area contributed by atoms with Gasteiger partial charge in [-0.1, -0.05) is 6.92 Å². The molecule has 0 saturated heterocycles. The number of aliphatic hydroxyl groups excluding tert-OH is 2. The fraction of sp³-hybridized carbons (Fsp3) is 0.857. The van der Waals surface area contributed by atoms with Gasteiger partial charge < -0.3 is 15.3 Å². The normalized spacial score (nSPS) is 11.3. The fourth-order valence-electron chi connectivity index (χ4n) is 0.272. The van der Waals surface area contributed by atoms with E-state index in [1.54, 1.807) is 0 Å². The molecule has 0 aromatic carbocycles. The lowest BCUT2D eigenvalue weighted by atomic mass is 10.4.